The van der Waals surface area contributed by atoms with Crippen molar-refractivity contribution in [1.82, 2.24) is 19.9 Å². The summed E-state index contributed by atoms with van der Waals surface area (Å²) in [5.41, 5.74) is 0. The molecule has 35 heavy (non-hydrogen) atoms. The minimum absolute atomic E-state index is 0.00526. The molecule has 2 amide bonds. The molecule has 192 valence electrons. The van der Waals surface area contributed by atoms with E-state index >= 15 is 0 Å². The van der Waals surface area contributed by atoms with Gasteiger partial charge in [0.2, 0.25) is 5.89 Å². The minimum Gasteiger partial charge on any atom is -0.435 e. The fraction of sp³-hybridized carbons (Fsp3) is 0.696. The maximum Gasteiger partial charge on any atom is 0.387 e. The summed E-state index contributed by atoms with van der Waals surface area (Å²) in [6.45, 7) is 0.304. The summed E-state index contributed by atoms with van der Waals surface area (Å²) < 4.78 is 59.1. The second-order valence-electron chi connectivity index (χ2n) is 10.0. The van der Waals surface area contributed by atoms with Crippen LogP contribution in [0.15, 0.2) is 28.5 Å². The number of carbonyl (C=O) groups is 1. The van der Waals surface area contributed by atoms with Gasteiger partial charge in [0, 0.05) is 32.1 Å². The van der Waals surface area contributed by atoms with E-state index in [2.05, 4.69) is 14.9 Å². The first-order valence-corrected chi connectivity index (χ1v) is 13.9. The average molecular weight is 513 g/mol. The number of urea groups is 1. The Morgan fingerprint density at radius 3 is 2.57 bits per heavy atom. The Morgan fingerprint density at radius 2 is 1.91 bits per heavy atom. The van der Waals surface area contributed by atoms with E-state index in [0.29, 0.717) is 37.1 Å². The van der Waals surface area contributed by atoms with Gasteiger partial charge in [0.1, 0.15) is 5.76 Å². The average Bonchev–Trinajstić information content (AvgIpc) is 3.54. The lowest BCUT2D eigenvalue weighted by Crippen LogP contribution is -2.54. The third-order valence-electron chi connectivity index (χ3n) is 7.40. The molecule has 4 aliphatic rings. The van der Waals surface area contributed by atoms with Crippen LogP contribution in [-0.2, 0) is 14.6 Å². The number of rotatable bonds is 5. The van der Waals surface area contributed by atoms with Crippen LogP contribution < -0.4 is 0 Å². The Labute approximate surface area is 203 Å². The quantitative estimate of drug-likeness (QED) is 0.597. The van der Waals surface area contributed by atoms with Crippen LogP contribution in [0.1, 0.15) is 49.7 Å². The number of nitrogens with zero attached hydrogens (tertiary/aromatic N) is 4. The number of piperidine rings is 1. The molecule has 12 heteroatoms. The fourth-order valence-electron chi connectivity index (χ4n) is 5.35. The minimum atomic E-state index is -3.11. The highest BCUT2D eigenvalue weighted by Gasteiger charge is 2.41. The number of aromatic nitrogens is 2. The Balaban J connectivity index is 1.35. The maximum absolute atomic E-state index is 13.4. The van der Waals surface area contributed by atoms with Crippen molar-refractivity contribution in [1.29, 1.82) is 0 Å². The number of allylic oxidation sites excluding steroid dienone is 3. The first kappa shape index (κ1) is 24.2. The largest absolute Gasteiger partial charge is 0.435 e. The lowest BCUT2D eigenvalue weighted by molar-refractivity contribution is -0.0931. The van der Waals surface area contributed by atoms with Crippen molar-refractivity contribution < 1.29 is 31.3 Å². The molecule has 3 heterocycles. The Hall–Kier alpha value is -2.50. The molecule has 3 fully saturated rings. The number of hydrogen-bond donors (Lipinski definition) is 0. The molecule has 5 rings (SSSR count). The number of hydrogen-bond acceptors (Lipinski definition) is 7. The van der Waals surface area contributed by atoms with Crippen LogP contribution in [0, 0.1) is 17.8 Å². The first-order chi connectivity index (χ1) is 16.7. The summed E-state index contributed by atoms with van der Waals surface area (Å²) in [5.74, 6) is 1.45. The van der Waals surface area contributed by atoms with E-state index in [0.717, 1.165) is 12.8 Å². The van der Waals surface area contributed by atoms with E-state index in [4.69, 9.17) is 4.52 Å². The SMILES string of the molecule is CC1C=C(OC(F)F)C=CC1C1CC(c2nc(C3CC3)no2)CN(C(=O)N2CCS(=O)(=O)CC2)C1. The Bertz CT molecular complexity index is 1100. The molecule has 0 radical (unpaired) electrons. The van der Waals surface area contributed by atoms with Crippen molar-refractivity contribution in [3.05, 3.63) is 35.7 Å². The van der Waals surface area contributed by atoms with Gasteiger partial charge in [-0.15, -0.1) is 0 Å². The Morgan fingerprint density at radius 1 is 1.17 bits per heavy atom. The van der Waals surface area contributed by atoms with E-state index in [1.165, 1.54) is 0 Å². The number of halogens is 2. The van der Waals surface area contributed by atoms with Crippen LogP contribution in [-0.4, -0.2) is 78.7 Å². The zero-order valence-electron chi connectivity index (χ0n) is 19.6. The number of likely N-dealkylation sites (tertiary alicyclic amines) is 1. The summed E-state index contributed by atoms with van der Waals surface area (Å²) in [6.07, 6.45) is 7.96. The second kappa shape index (κ2) is 9.51. The highest BCUT2D eigenvalue weighted by atomic mass is 32.2. The van der Waals surface area contributed by atoms with Crippen LogP contribution in [0.3, 0.4) is 0 Å². The molecule has 2 saturated heterocycles. The zero-order chi connectivity index (χ0) is 24.7. The molecule has 0 aromatic carbocycles. The van der Waals surface area contributed by atoms with Gasteiger partial charge in [-0.1, -0.05) is 18.2 Å². The molecule has 4 atom stereocenters. The molecule has 2 aliphatic heterocycles. The molecule has 0 bridgehead atoms. The van der Waals surface area contributed by atoms with Gasteiger partial charge < -0.3 is 19.1 Å². The van der Waals surface area contributed by atoms with E-state index < -0.39 is 16.4 Å². The Kier molecular flexibility index (Phi) is 6.58. The zero-order valence-corrected chi connectivity index (χ0v) is 20.4. The maximum atomic E-state index is 13.4. The van der Waals surface area contributed by atoms with Crippen molar-refractivity contribution >= 4 is 15.9 Å². The van der Waals surface area contributed by atoms with Gasteiger partial charge >= 0.3 is 12.6 Å². The number of ether oxygens (including phenoxy) is 1. The molecular formula is C23H30F2N4O5S. The summed E-state index contributed by atoms with van der Waals surface area (Å²) in [5, 5.41) is 4.14. The lowest BCUT2D eigenvalue weighted by atomic mass is 9.73. The van der Waals surface area contributed by atoms with Crippen LogP contribution in [0.2, 0.25) is 0 Å². The summed E-state index contributed by atoms with van der Waals surface area (Å²) in [4.78, 5) is 21.4. The molecule has 0 N–H and O–H groups in total. The van der Waals surface area contributed by atoms with E-state index in [1.807, 2.05) is 13.0 Å². The predicted octanol–water partition coefficient (Wildman–Crippen LogP) is 3.15. The van der Waals surface area contributed by atoms with Gasteiger partial charge in [0.15, 0.2) is 15.7 Å². The standard InChI is InChI=1S/C23H30F2N4O5S/c1-14-10-18(33-22(24)25)4-5-19(14)16-11-17(21-26-20(27-34-21)15-2-3-15)13-29(12-16)23(30)28-6-8-35(31,32)9-7-28/h4-5,10,14-17,19,22H,2-3,6-9,11-13H2,1H3. The topological polar surface area (TPSA) is 106 Å². The smallest absolute Gasteiger partial charge is 0.387 e. The van der Waals surface area contributed by atoms with Crippen molar-refractivity contribution in [3.63, 3.8) is 0 Å². The van der Waals surface area contributed by atoms with Crippen molar-refractivity contribution in [3.8, 4) is 0 Å². The molecule has 1 aromatic rings. The van der Waals surface area contributed by atoms with Crippen LogP contribution in [0.4, 0.5) is 13.6 Å². The molecular weight excluding hydrogens is 482 g/mol. The number of sulfone groups is 1. The summed E-state index contributed by atoms with van der Waals surface area (Å²) in [7, 11) is -3.11. The highest BCUT2D eigenvalue weighted by Crippen LogP contribution is 2.42. The lowest BCUT2D eigenvalue weighted by Gasteiger charge is -2.43. The third-order valence-corrected chi connectivity index (χ3v) is 9.01. The molecule has 1 saturated carbocycles. The second-order valence-corrected chi connectivity index (χ2v) is 12.3. The normalized spacial score (nSPS) is 30.9. The number of alkyl halides is 2. The van der Waals surface area contributed by atoms with Crippen LogP contribution in [0.25, 0.3) is 0 Å². The first-order valence-electron chi connectivity index (χ1n) is 12.1. The van der Waals surface area contributed by atoms with Gasteiger partial charge in [-0.2, -0.15) is 13.8 Å². The van der Waals surface area contributed by atoms with Gasteiger partial charge in [-0.3, -0.25) is 0 Å². The molecule has 4 unspecified atom stereocenters. The van der Waals surface area contributed by atoms with Gasteiger partial charge in [0.25, 0.3) is 0 Å². The van der Waals surface area contributed by atoms with E-state index in [-0.39, 0.29) is 60.1 Å². The molecule has 9 nitrogen and oxygen atoms in total. The van der Waals surface area contributed by atoms with Gasteiger partial charge in [-0.25, -0.2) is 13.2 Å². The highest BCUT2D eigenvalue weighted by molar-refractivity contribution is 7.91. The number of carbonyl (C=O) groups excluding carboxylic acids is 1. The summed E-state index contributed by atoms with van der Waals surface area (Å²) >= 11 is 0. The van der Waals surface area contributed by atoms with Crippen molar-refractivity contribution in [2.75, 3.05) is 37.7 Å². The molecule has 0 spiro atoms. The molecule has 2 aliphatic carbocycles. The van der Waals surface area contributed by atoms with Gasteiger partial charge in [-0.05, 0) is 49.2 Å². The predicted molar refractivity (Wildman–Crippen MR) is 121 cm³/mol. The number of amides is 2. The summed E-state index contributed by atoms with van der Waals surface area (Å²) in [6, 6.07) is -0.193. The van der Waals surface area contributed by atoms with E-state index in [1.54, 1.807) is 22.0 Å². The monoisotopic (exact) mass is 512 g/mol. The van der Waals surface area contributed by atoms with Crippen molar-refractivity contribution in [2.24, 2.45) is 17.8 Å². The van der Waals surface area contributed by atoms with Crippen molar-refractivity contribution in [2.45, 2.75) is 44.6 Å². The fourth-order valence-corrected chi connectivity index (χ4v) is 6.55. The third kappa shape index (κ3) is 5.52. The van der Waals surface area contributed by atoms with Crippen LogP contribution in [0.5, 0.6) is 0 Å². The molecule has 1 aromatic heterocycles. The van der Waals surface area contributed by atoms with Gasteiger partial charge in [0.05, 0.1) is 17.4 Å². The van der Waals surface area contributed by atoms with E-state index in [9.17, 15) is 22.0 Å². The van der Waals surface area contributed by atoms with Crippen LogP contribution >= 0.6 is 0 Å².